The van der Waals surface area contributed by atoms with Crippen molar-refractivity contribution in [3.8, 4) is 11.5 Å². The fraction of sp³-hybridized carbons (Fsp3) is 0.0625. The average Bonchev–Trinajstić information content (AvgIpc) is 2.62. The van der Waals surface area contributed by atoms with Gasteiger partial charge >= 0.3 is 0 Å². The highest BCUT2D eigenvalue weighted by atomic mass is 79.9. The number of carbonyl (C=O) groups excluding carboxylic acids is 2. The minimum Gasteiger partial charge on any atom is -0.506 e. The van der Waals surface area contributed by atoms with Gasteiger partial charge in [0.05, 0.1) is 17.2 Å². The first-order valence-electron chi connectivity index (χ1n) is 7.05. The number of halogens is 3. The number of nitrogens with zero attached hydrogens (tertiary/aromatic N) is 1. The third-order valence-corrected chi connectivity index (χ3v) is 4.99. The minimum atomic E-state index is -0.539. The zero-order valence-electron chi connectivity index (χ0n) is 13.0. The maximum absolute atomic E-state index is 11.9. The van der Waals surface area contributed by atoms with Crippen molar-refractivity contribution in [3.63, 3.8) is 0 Å². The molecule has 0 aliphatic heterocycles. The minimum absolute atomic E-state index is 0.0985. The molecule has 7 nitrogen and oxygen atoms in total. The monoisotopic (exact) mass is 547 g/mol. The van der Waals surface area contributed by atoms with E-state index in [1.165, 1.54) is 12.3 Å². The third-order valence-electron chi connectivity index (χ3n) is 3.11. The van der Waals surface area contributed by atoms with Crippen LogP contribution in [0, 0.1) is 0 Å². The van der Waals surface area contributed by atoms with Gasteiger partial charge in [0.25, 0.3) is 11.8 Å². The lowest BCUT2D eigenvalue weighted by atomic mass is 10.2. The average molecular weight is 550 g/mol. The second kappa shape index (κ2) is 9.15. The number of hydrazone groups is 1. The smallest absolute Gasteiger partial charge is 0.259 e. The van der Waals surface area contributed by atoms with Crippen LogP contribution in [0.1, 0.15) is 15.9 Å². The van der Waals surface area contributed by atoms with Gasteiger partial charge in [-0.3, -0.25) is 9.59 Å². The van der Waals surface area contributed by atoms with Crippen molar-refractivity contribution in [1.29, 1.82) is 0 Å². The summed E-state index contributed by atoms with van der Waals surface area (Å²) in [5.41, 5.74) is 2.92. The van der Waals surface area contributed by atoms with Crippen molar-refractivity contribution < 1.29 is 19.8 Å². The van der Waals surface area contributed by atoms with Gasteiger partial charge in [-0.05, 0) is 62.2 Å². The Morgan fingerprint density at radius 3 is 2.38 bits per heavy atom. The molecule has 0 saturated heterocycles. The van der Waals surface area contributed by atoms with Gasteiger partial charge in [0, 0.05) is 15.6 Å². The van der Waals surface area contributed by atoms with Gasteiger partial charge in [-0.1, -0.05) is 15.9 Å². The number of rotatable bonds is 5. The molecule has 4 N–H and O–H groups in total. The number of hydrogen-bond acceptors (Lipinski definition) is 5. The summed E-state index contributed by atoms with van der Waals surface area (Å²) < 4.78 is 1.29. The molecule has 10 heteroatoms. The van der Waals surface area contributed by atoms with Crippen molar-refractivity contribution in [3.05, 3.63) is 54.9 Å². The molecule has 136 valence electrons. The third kappa shape index (κ3) is 5.29. The molecule has 0 heterocycles. The van der Waals surface area contributed by atoms with Crippen LogP contribution in [0.3, 0.4) is 0 Å². The van der Waals surface area contributed by atoms with Crippen LogP contribution < -0.4 is 10.7 Å². The lowest BCUT2D eigenvalue weighted by Gasteiger charge is -2.06. The van der Waals surface area contributed by atoms with Crippen LogP contribution in [-0.4, -0.2) is 34.8 Å². The Morgan fingerprint density at radius 1 is 1.08 bits per heavy atom. The van der Waals surface area contributed by atoms with E-state index in [4.69, 9.17) is 0 Å². The molecule has 0 saturated carbocycles. The zero-order chi connectivity index (χ0) is 19.3. The second-order valence-electron chi connectivity index (χ2n) is 4.94. The fourth-order valence-electron chi connectivity index (χ4n) is 1.79. The van der Waals surface area contributed by atoms with Crippen LogP contribution in [0.15, 0.2) is 48.9 Å². The Hall–Kier alpha value is -1.91. The van der Waals surface area contributed by atoms with E-state index in [9.17, 15) is 19.8 Å². The van der Waals surface area contributed by atoms with Crippen LogP contribution in [0.2, 0.25) is 0 Å². The van der Waals surface area contributed by atoms with Gasteiger partial charge in [-0.2, -0.15) is 5.10 Å². The highest BCUT2D eigenvalue weighted by Crippen LogP contribution is 2.40. The van der Waals surface area contributed by atoms with Gasteiger partial charge in [-0.25, -0.2) is 5.43 Å². The highest BCUT2D eigenvalue weighted by molar-refractivity contribution is 9.11. The number of amides is 2. The van der Waals surface area contributed by atoms with E-state index < -0.39 is 5.91 Å². The molecule has 0 bridgehead atoms. The maximum atomic E-state index is 11.9. The molecule has 2 amide bonds. The number of carbonyl (C=O) groups is 2. The second-order valence-corrected chi connectivity index (χ2v) is 7.50. The molecule has 0 aliphatic carbocycles. The summed E-state index contributed by atoms with van der Waals surface area (Å²) in [6.07, 6.45) is 1.21. The van der Waals surface area contributed by atoms with Crippen molar-refractivity contribution in [1.82, 2.24) is 10.7 Å². The van der Waals surface area contributed by atoms with Gasteiger partial charge < -0.3 is 15.5 Å². The lowest BCUT2D eigenvalue weighted by molar-refractivity contribution is -0.120. The Bertz CT molecular complexity index is 870. The van der Waals surface area contributed by atoms with E-state index in [0.717, 1.165) is 4.47 Å². The standard InChI is InChI=1S/C16H12Br3N3O4/c17-10-3-1-8(2-4-10)16(26)20-7-12(23)22-21-6-9-5-11(18)15(25)13(19)14(9)24/h1-6,24-25H,7H2,(H,20,26)(H,22,23). The Morgan fingerprint density at radius 2 is 1.73 bits per heavy atom. The largest absolute Gasteiger partial charge is 0.506 e. The molecule has 0 atom stereocenters. The van der Waals surface area contributed by atoms with Gasteiger partial charge in [0.2, 0.25) is 0 Å². The predicted molar refractivity (Wildman–Crippen MR) is 107 cm³/mol. The summed E-state index contributed by atoms with van der Waals surface area (Å²) in [6.45, 7) is -0.263. The van der Waals surface area contributed by atoms with E-state index in [2.05, 4.69) is 63.6 Å². The van der Waals surface area contributed by atoms with E-state index in [-0.39, 0.29) is 34.0 Å². The molecular formula is C16H12Br3N3O4. The van der Waals surface area contributed by atoms with E-state index in [1.807, 2.05) is 0 Å². The normalized spacial score (nSPS) is 10.7. The zero-order valence-corrected chi connectivity index (χ0v) is 17.7. The summed E-state index contributed by atoms with van der Waals surface area (Å²) in [5, 5.41) is 25.7. The molecule has 26 heavy (non-hydrogen) atoms. The van der Waals surface area contributed by atoms with Crippen molar-refractivity contribution in [2.45, 2.75) is 0 Å². The maximum Gasteiger partial charge on any atom is 0.259 e. The highest BCUT2D eigenvalue weighted by Gasteiger charge is 2.13. The Kier molecular flexibility index (Phi) is 7.18. The Labute approximate surface area is 173 Å². The predicted octanol–water partition coefficient (Wildman–Crippen LogP) is 3.27. The first-order chi connectivity index (χ1) is 12.3. The molecule has 0 spiro atoms. The molecule has 0 aliphatic rings. The SMILES string of the molecule is O=C(CNC(=O)c1ccc(Br)cc1)NN=Cc1cc(Br)c(O)c(Br)c1O. The topological polar surface area (TPSA) is 111 Å². The number of phenolic OH excluding ortho intramolecular Hbond substituents is 2. The van der Waals surface area contributed by atoms with Crippen LogP contribution in [0.4, 0.5) is 0 Å². The fourth-order valence-corrected chi connectivity index (χ4v) is 3.21. The lowest BCUT2D eigenvalue weighted by Crippen LogP contribution is -2.34. The number of phenols is 2. The summed E-state index contributed by atoms with van der Waals surface area (Å²) in [7, 11) is 0. The van der Waals surface area contributed by atoms with Crippen LogP contribution in [0.25, 0.3) is 0 Å². The van der Waals surface area contributed by atoms with Gasteiger partial charge in [-0.15, -0.1) is 0 Å². The summed E-state index contributed by atoms with van der Waals surface area (Å²) in [5.74, 6) is -1.31. The van der Waals surface area contributed by atoms with E-state index in [1.54, 1.807) is 24.3 Å². The number of benzene rings is 2. The first kappa shape index (κ1) is 20.4. The van der Waals surface area contributed by atoms with Crippen molar-refractivity contribution >= 4 is 65.8 Å². The molecule has 0 unspecified atom stereocenters. The number of aromatic hydroxyl groups is 2. The Balaban J connectivity index is 1.90. The molecule has 2 aromatic carbocycles. The number of hydrogen-bond donors (Lipinski definition) is 4. The van der Waals surface area contributed by atoms with E-state index >= 15 is 0 Å². The van der Waals surface area contributed by atoms with Crippen molar-refractivity contribution in [2.24, 2.45) is 5.10 Å². The van der Waals surface area contributed by atoms with Gasteiger partial charge in [0.1, 0.15) is 16.0 Å². The molecule has 0 radical (unpaired) electrons. The molecular weight excluding hydrogens is 538 g/mol. The number of nitrogens with one attached hydrogen (secondary N) is 2. The molecule has 0 fully saturated rings. The quantitative estimate of drug-likeness (QED) is 0.339. The first-order valence-corrected chi connectivity index (χ1v) is 9.43. The van der Waals surface area contributed by atoms with Gasteiger partial charge in [0.15, 0.2) is 0 Å². The summed E-state index contributed by atoms with van der Waals surface area (Å²) in [6, 6.07) is 8.12. The van der Waals surface area contributed by atoms with Crippen LogP contribution in [0.5, 0.6) is 11.5 Å². The van der Waals surface area contributed by atoms with Crippen LogP contribution >= 0.6 is 47.8 Å². The summed E-state index contributed by atoms with van der Waals surface area (Å²) in [4.78, 5) is 23.6. The molecule has 2 aromatic rings. The van der Waals surface area contributed by atoms with Crippen LogP contribution in [-0.2, 0) is 4.79 Å². The molecule has 2 rings (SSSR count). The van der Waals surface area contributed by atoms with E-state index in [0.29, 0.717) is 10.0 Å². The van der Waals surface area contributed by atoms with Crippen molar-refractivity contribution in [2.75, 3.05) is 6.54 Å². The molecule has 0 aromatic heterocycles. The summed E-state index contributed by atoms with van der Waals surface area (Å²) >= 11 is 9.44.